The van der Waals surface area contributed by atoms with Gasteiger partial charge in [-0.15, -0.1) is 0 Å². The smallest absolute Gasteiger partial charge is 0.253 e. The fourth-order valence-electron chi connectivity index (χ4n) is 4.20. The Morgan fingerprint density at radius 3 is 1.52 bits per heavy atom. The first-order valence-electron chi connectivity index (χ1n) is 12.8. The van der Waals surface area contributed by atoms with Gasteiger partial charge in [0.1, 0.15) is 12.4 Å². The molecule has 0 amide bonds. The van der Waals surface area contributed by atoms with E-state index in [0.717, 1.165) is 0 Å². The summed E-state index contributed by atoms with van der Waals surface area (Å²) in [6.07, 6.45) is 30.0. The van der Waals surface area contributed by atoms with E-state index in [9.17, 15) is 0 Å². The molecule has 1 heterocycles. The van der Waals surface area contributed by atoms with Gasteiger partial charge in [0, 0.05) is 6.92 Å². The first-order chi connectivity index (χ1) is 13.8. The third kappa shape index (κ3) is 15.2. The molecule has 0 saturated heterocycles. The van der Waals surface area contributed by atoms with E-state index in [1.165, 1.54) is 134 Å². The van der Waals surface area contributed by atoms with Gasteiger partial charge in [-0.3, -0.25) is 0 Å². The number of nitrogens with zero attached hydrogens (tertiary/aromatic N) is 2. The molecule has 2 nitrogen and oxygen atoms in total. The lowest BCUT2D eigenvalue weighted by Crippen LogP contribution is -3.00. The van der Waals surface area contributed by atoms with Crippen LogP contribution in [0, 0.1) is 6.92 Å². The summed E-state index contributed by atoms with van der Waals surface area (Å²) in [5, 5.41) is 0. The first kappa shape index (κ1) is 28.7. The Kier molecular flexibility index (Phi) is 20.7. The van der Waals surface area contributed by atoms with Gasteiger partial charge in [0.25, 0.3) is 5.82 Å². The van der Waals surface area contributed by atoms with Gasteiger partial charge in [0.15, 0.2) is 0 Å². The summed E-state index contributed by atoms with van der Waals surface area (Å²) in [6.45, 7) is 9.28. The molecule has 0 saturated carbocycles. The molecule has 1 aromatic heterocycles. The molecule has 0 radical (unpaired) electrons. The van der Waals surface area contributed by atoms with E-state index < -0.39 is 0 Å². The van der Waals surface area contributed by atoms with Crippen LogP contribution in [0.3, 0.4) is 0 Å². The zero-order valence-electron chi connectivity index (χ0n) is 20.1. The van der Waals surface area contributed by atoms with Crippen LogP contribution >= 0.6 is 0 Å². The minimum atomic E-state index is 0. The Balaban J connectivity index is 0.00000784. The van der Waals surface area contributed by atoms with Crippen molar-refractivity contribution in [2.24, 2.45) is 0 Å². The lowest BCUT2D eigenvalue weighted by Gasteiger charge is -2.04. The standard InChI is InChI=1S/C26H51N2.BrH/c1-4-6-8-10-12-14-15-17-19-21-23-28-25-24-27(26(28)3)22-20-18-16-13-11-9-7-5-2;/h24-25H,4-23H2,1-3H3;1H/q+1;/p-1. The van der Waals surface area contributed by atoms with E-state index in [-0.39, 0.29) is 17.0 Å². The summed E-state index contributed by atoms with van der Waals surface area (Å²) >= 11 is 0. The Bertz CT molecular complexity index is 456. The molecule has 0 fully saturated rings. The largest absolute Gasteiger partial charge is 1.00 e. The molecule has 1 rings (SSSR count). The summed E-state index contributed by atoms with van der Waals surface area (Å²) in [6, 6.07) is 0. The van der Waals surface area contributed by atoms with Gasteiger partial charge >= 0.3 is 0 Å². The third-order valence-corrected chi connectivity index (χ3v) is 6.26. The molecule has 1 aromatic rings. The van der Waals surface area contributed by atoms with Crippen LogP contribution in [-0.4, -0.2) is 4.57 Å². The van der Waals surface area contributed by atoms with E-state index in [1.807, 2.05) is 0 Å². The minimum absolute atomic E-state index is 0. The fourth-order valence-corrected chi connectivity index (χ4v) is 4.20. The van der Waals surface area contributed by atoms with Crippen LogP contribution < -0.4 is 21.5 Å². The highest BCUT2D eigenvalue weighted by atomic mass is 79.9. The zero-order valence-corrected chi connectivity index (χ0v) is 21.7. The van der Waals surface area contributed by atoms with Crippen LogP contribution in [0.4, 0.5) is 0 Å². The molecule has 0 aliphatic heterocycles. The predicted molar refractivity (Wildman–Crippen MR) is 124 cm³/mol. The molecule has 172 valence electrons. The molecule has 0 bridgehead atoms. The average Bonchev–Trinajstić information content (AvgIpc) is 3.05. The lowest BCUT2D eigenvalue weighted by atomic mass is 10.1. The summed E-state index contributed by atoms with van der Waals surface area (Å²) in [5.41, 5.74) is 0. The molecule has 0 aliphatic carbocycles. The molecular formula is C26H51BrN2. The summed E-state index contributed by atoms with van der Waals surface area (Å²) < 4.78 is 4.93. The van der Waals surface area contributed by atoms with E-state index in [2.05, 4.69) is 42.3 Å². The second-order valence-corrected chi connectivity index (χ2v) is 8.89. The predicted octanol–water partition coefficient (Wildman–Crippen LogP) is 5.15. The number of rotatable bonds is 20. The van der Waals surface area contributed by atoms with E-state index in [1.54, 1.807) is 0 Å². The maximum absolute atomic E-state index is 2.47. The number of aryl methyl sites for hydroxylation is 2. The van der Waals surface area contributed by atoms with Crippen LogP contribution in [-0.2, 0) is 13.1 Å². The van der Waals surface area contributed by atoms with Crippen LogP contribution in [0.2, 0.25) is 0 Å². The molecule has 0 N–H and O–H groups in total. The number of aromatic nitrogens is 2. The third-order valence-electron chi connectivity index (χ3n) is 6.26. The maximum Gasteiger partial charge on any atom is 0.253 e. The lowest BCUT2D eigenvalue weighted by molar-refractivity contribution is -0.702. The minimum Gasteiger partial charge on any atom is -1.00 e. The molecule has 0 aromatic carbocycles. The quantitative estimate of drug-likeness (QED) is 0.184. The number of unbranched alkanes of at least 4 members (excludes halogenated alkanes) is 16. The van der Waals surface area contributed by atoms with E-state index in [4.69, 9.17) is 0 Å². The van der Waals surface area contributed by atoms with Crippen molar-refractivity contribution in [3.05, 3.63) is 18.2 Å². The number of hydrogen-bond donors (Lipinski definition) is 0. The molecule has 0 aliphatic rings. The van der Waals surface area contributed by atoms with Crippen molar-refractivity contribution < 1.29 is 21.5 Å². The van der Waals surface area contributed by atoms with Crippen molar-refractivity contribution >= 4 is 0 Å². The molecule has 0 atom stereocenters. The normalized spacial score (nSPS) is 11.0. The van der Waals surface area contributed by atoms with Crippen LogP contribution in [0.25, 0.3) is 0 Å². The second kappa shape index (κ2) is 20.9. The zero-order chi connectivity index (χ0) is 20.3. The van der Waals surface area contributed by atoms with E-state index in [0.29, 0.717) is 0 Å². The number of imidazole rings is 1. The number of halogens is 1. The molecular weight excluding hydrogens is 420 g/mol. The van der Waals surface area contributed by atoms with Gasteiger partial charge in [-0.05, 0) is 25.7 Å². The van der Waals surface area contributed by atoms with Crippen molar-refractivity contribution in [1.82, 2.24) is 4.57 Å². The van der Waals surface area contributed by atoms with Gasteiger partial charge in [-0.1, -0.05) is 104 Å². The highest BCUT2D eigenvalue weighted by Gasteiger charge is 2.11. The van der Waals surface area contributed by atoms with Crippen molar-refractivity contribution in [3.8, 4) is 0 Å². The summed E-state index contributed by atoms with van der Waals surface area (Å²) in [7, 11) is 0. The summed E-state index contributed by atoms with van der Waals surface area (Å²) in [4.78, 5) is 0. The van der Waals surface area contributed by atoms with Crippen LogP contribution in [0.15, 0.2) is 12.4 Å². The van der Waals surface area contributed by atoms with Gasteiger partial charge in [-0.25, -0.2) is 9.13 Å². The van der Waals surface area contributed by atoms with Gasteiger partial charge in [0.2, 0.25) is 0 Å². The van der Waals surface area contributed by atoms with E-state index >= 15 is 0 Å². The SMILES string of the molecule is CCCCCCCCCCCCn1cc[n+](CCCCCCCCCC)c1C.[Br-]. The van der Waals surface area contributed by atoms with Crippen molar-refractivity contribution in [1.29, 1.82) is 0 Å². The van der Waals surface area contributed by atoms with Gasteiger partial charge in [-0.2, -0.15) is 0 Å². The number of hydrogen-bond acceptors (Lipinski definition) is 0. The average molecular weight is 472 g/mol. The van der Waals surface area contributed by atoms with Crippen LogP contribution in [0.5, 0.6) is 0 Å². The Hall–Kier alpha value is -0.310. The van der Waals surface area contributed by atoms with Crippen molar-refractivity contribution in [2.45, 2.75) is 149 Å². The van der Waals surface area contributed by atoms with Crippen molar-refractivity contribution in [3.63, 3.8) is 0 Å². The molecule has 0 spiro atoms. The van der Waals surface area contributed by atoms with Crippen LogP contribution in [0.1, 0.15) is 135 Å². The maximum atomic E-state index is 2.47. The Morgan fingerprint density at radius 2 is 1.03 bits per heavy atom. The first-order valence-corrected chi connectivity index (χ1v) is 12.8. The second-order valence-electron chi connectivity index (χ2n) is 8.89. The topological polar surface area (TPSA) is 8.81 Å². The molecule has 0 unspecified atom stereocenters. The summed E-state index contributed by atoms with van der Waals surface area (Å²) in [5.74, 6) is 1.44. The Morgan fingerprint density at radius 1 is 0.621 bits per heavy atom. The van der Waals surface area contributed by atoms with Gasteiger partial charge < -0.3 is 17.0 Å². The molecule has 29 heavy (non-hydrogen) atoms. The molecule has 3 heteroatoms. The monoisotopic (exact) mass is 470 g/mol. The van der Waals surface area contributed by atoms with Gasteiger partial charge in [0.05, 0.1) is 13.1 Å². The fraction of sp³-hybridized carbons (Fsp3) is 0.885. The highest BCUT2D eigenvalue weighted by Crippen LogP contribution is 2.11. The Labute approximate surface area is 193 Å². The highest BCUT2D eigenvalue weighted by molar-refractivity contribution is 4.79. The van der Waals surface area contributed by atoms with Crippen molar-refractivity contribution in [2.75, 3.05) is 0 Å².